The largest absolute Gasteiger partial charge is 0.362 e. The third-order valence-corrected chi connectivity index (χ3v) is 5.70. The average Bonchev–Trinajstić information content (AvgIpc) is 2.61. The molecule has 1 aliphatic heterocycles. The molecular formula is C18H17ClN2O4S. The maximum atomic E-state index is 11.9. The summed E-state index contributed by atoms with van der Waals surface area (Å²) in [4.78, 5) is 12.5. The minimum atomic E-state index is -3.69. The summed E-state index contributed by atoms with van der Waals surface area (Å²) in [6, 6.07) is 11.9. The van der Waals surface area contributed by atoms with E-state index in [4.69, 9.17) is 11.6 Å². The highest BCUT2D eigenvalue weighted by molar-refractivity contribution is 7.90. The molecule has 0 atom stereocenters. The van der Waals surface area contributed by atoms with Gasteiger partial charge in [0.2, 0.25) is 0 Å². The van der Waals surface area contributed by atoms with E-state index in [0.29, 0.717) is 30.2 Å². The molecule has 3 rings (SSSR count). The van der Waals surface area contributed by atoms with Crippen molar-refractivity contribution in [2.75, 3.05) is 24.2 Å². The second-order valence-electron chi connectivity index (χ2n) is 6.09. The molecule has 1 aliphatic rings. The standard InChI is InChI=1S/C18H17ClN2O4S/c1-26(24,25)17-4-2-3-16(18(17)21(22)23)20-11-9-14(10-12-20)13-5-7-15(19)8-6-13/h2-9H,10-12H2,1H3. The van der Waals surface area contributed by atoms with Crippen LogP contribution in [0.5, 0.6) is 0 Å². The van der Waals surface area contributed by atoms with Crippen molar-refractivity contribution in [1.82, 2.24) is 0 Å². The summed E-state index contributed by atoms with van der Waals surface area (Å²) in [5, 5.41) is 12.2. The normalized spacial score (nSPS) is 14.8. The third kappa shape index (κ3) is 3.73. The number of anilines is 1. The Hall–Kier alpha value is -2.38. The van der Waals surface area contributed by atoms with Crippen molar-refractivity contribution in [1.29, 1.82) is 0 Å². The molecule has 8 heteroatoms. The molecule has 0 radical (unpaired) electrons. The number of nitro benzene ring substituents is 1. The van der Waals surface area contributed by atoms with Crippen LogP contribution < -0.4 is 4.90 Å². The van der Waals surface area contributed by atoms with Crippen LogP contribution in [-0.2, 0) is 9.84 Å². The van der Waals surface area contributed by atoms with Crippen LogP contribution in [0, 0.1) is 10.1 Å². The Morgan fingerprint density at radius 3 is 2.38 bits per heavy atom. The summed E-state index contributed by atoms with van der Waals surface area (Å²) in [7, 11) is -3.69. The number of rotatable bonds is 4. The van der Waals surface area contributed by atoms with Gasteiger partial charge in [-0.05, 0) is 41.8 Å². The van der Waals surface area contributed by atoms with Gasteiger partial charge < -0.3 is 4.90 Å². The second-order valence-corrected chi connectivity index (χ2v) is 8.51. The van der Waals surface area contributed by atoms with Crippen LogP contribution in [0.25, 0.3) is 5.57 Å². The summed E-state index contributed by atoms with van der Waals surface area (Å²) in [6.07, 6.45) is 3.68. The van der Waals surface area contributed by atoms with E-state index in [9.17, 15) is 18.5 Å². The molecule has 26 heavy (non-hydrogen) atoms. The summed E-state index contributed by atoms with van der Waals surface area (Å²) in [5.74, 6) is 0. The van der Waals surface area contributed by atoms with Gasteiger partial charge in [-0.1, -0.05) is 35.9 Å². The number of hydrogen-bond donors (Lipinski definition) is 0. The van der Waals surface area contributed by atoms with Gasteiger partial charge >= 0.3 is 5.69 Å². The van der Waals surface area contributed by atoms with Crippen LogP contribution in [-0.4, -0.2) is 32.7 Å². The Balaban J connectivity index is 1.94. The molecule has 0 unspecified atom stereocenters. The molecule has 1 heterocycles. The van der Waals surface area contributed by atoms with Crippen LogP contribution in [0.1, 0.15) is 12.0 Å². The molecule has 0 bridgehead atoms. The lowest BCUT2D eigenvalue weighted by Crippen LogP contribution is -2.29. The fourth-order valence-electron chi connectivity index (χ4n) is 3.06. The number of halogens is 1. The van der Waals surface area contributed by atoms with Gasteiger partial charge in [-0.2, -0.15) is 0 Å². The number of nitro groups is 1. The lowest BCUT2D eigenvalue weighted by atomic mass is 9.99. The predicted octanol–water partition coefficient (Wildman–Crippen LogP) is 3.95. The molecule has 0 fully saturated rings. The summed E-state index contributed by atoms with van der Waals surface area (Å²) in [6.45, 7) is 1.02. The lowest BCUT2D eigenvalue weighted by molar-refractivity contribution is -0.387. The molecule has 0 spiro atoms. The second kappa shape index (κ2) is 7.09. The van der Waals surface area contributed by atoms with Crippen molar-refractivity contribution >= 4 is 38.4 Å². The molecule has 0 N–H and O–H groups in total. The summed E-state index contributed by atoms with van der Waals surface area (Å²) < 4.78 is 23.8. The van der Waals surface area contributed by atoms with E-state index in [0.717, 1.165) is 17.4 Å². The molecular weight excluding hydrogens is 376 g/mol. The summed E-state index contributed by atoms with van der Waals surface area (Å²) in [5.41, 5.74) is 2.16. The van der Waals surface area contributed by atoms with Gasteiger partial charge in [0.05, 0.1) is 4.92 Å². The monoisotopic (exact) mass is 392 g/mol. The molecule has 2 aromatic rings. The number of benzene rings is 2. The van der Waals surface area contributed by atoms with Crippen molar-refractivity contribution in [3.05, 3.63) is 69.2 Å². The zero-order valence-electron chi connectivity index (χ0n) is 14.1. The van der Waals surface area contributed by atoms with Gasteiger partial charge in [-0.15, -0.1) is 0 Å². The van der Waals surface area contributed by atoms with E-state index >= 15 is 0 Å². The first-order chi connectivity index (χ1) is 12.3. The van der Waals surface area contributed by atoms with Gasteiger partial charge in [0.15, 0.2) is 9.84 Å². The molecule has 0 amide bonds. The van der Waals surface area contributed by atoms with E-state index in [1.807, 2.05) is 35.2 Å². The maximum absolute atomic E-state index is 11.9. The van der Waals surface area contributed by atoms with Crippen molar-refractivity contribution in [2.24, 2.45) is 0 Å². The third-order valence-electron chi connectivity index (χ3n) is 4.32. The van der Waals surface area contributed by atoms with Crippen LogP contribution in [0.4, 0.5) is 11.4 Å². The first kappa shape index (κ1) is 18.4. The molecule has 136 valence electrons. The van der Waals surface area contributed by atoms with Crippen LogP contribution in [0.3, 0.4) is 0 Å². The first-order valence-corrected chi connectivity index (χ1v) is 10.2. The van der Waals surface area contributed by atoms with E-state index < -0.39 is 14.8 Å². The Labute approximate surface area is 156 Å². The SMILES string of the molecule is CS(=O)(=O)c1cccc(N2CC=C(c3ccc(Cl)cc3)CC2)c1[N+](=O)[O-]. The van der Waals surface area contributed by atoms with Crippen LogP contribution in [0.2, 0.25) is 5.02 Å². The number of para-hydroxylation sites is 1. The predicted molar refractivity (Wildman–Crippen MR) is 102 cm³/mol. The van der Waals surface area contributed by atoms with Crippen molar-refractivity contribution in [3.8, 4) is 0 Å². The molecule has 2 aromatic carbocycles. The Morgan fingerprint density at radius 2 is 1.85 bits per heavy atom. The van der Waals surface area contributed by atoms with Gasteiger partial charge in [-0.25, -0.2) is 8.42 Å². The Bertz CT molecular complexity index is 985. The smallest absolute Gasteiger partial charge is 0.311 e. The van der Waals surface area contributed by atoms with Gasteiger partial charge in [0, 0.05) is 24.4 Å². The highest BCUT2D eigenvalue weighted by atomic mass is 35.5. The Morgan fingerprint density at radius 1 is 1.15 bits per heavy atom. The van der Waals surface area contributed by atoms with E-state index in [2.05, 4.69) is 0 Å². The quantitative estimate of drug-likeness (QED) is 0.581. The summed E-state index contributed by atoms with van der Waals surface area (Å²) >= 11 is 5.91. The number of nitrogens with zero attached hydrogens (tertiary/aromatic N) is 2. The zero-order valence-corrected chi connectivity index (χ0v) is 15.6. The van der Waals surface area contributed by atoms with E-state index in [1.54, 1.807) is 6.07 Å². The molecule has 0 aliphatic carbocycles. The molecule has 0 saturated heterocycles. The molecule has 6 nitrogen and oxygen atoms in total. The van der Waals surface area contributed by atoms with E-state index in [1.165, 1.54) is 12.1 Å². The fourth-order valence-corrected chi connectivity index (χ4v) is 4.04. The minimum absolute atomic E-state index is 0.257. The molecule has 0 aromatic heterocycles. The Kier molecular flexibility index (Phi) is 5.02. The zero-order chi connectivity index (χ0) is 18.9. The van der Waals surface area contributed by atoms with Gasteiger partial charge in [0.1, 0.15) is 10.6 Å². The average molecular weight is 393 g/mol. The van der Waals surface area contributed by atoms with Gasteiger partial charge in [-0.3, -0.25) is 10.1 Å². The first-order valence-electron chi connectivity index (χ1n) is 7.95. The van der Waals surface area contributed by atoms with Crippen LogP contribution >= 0.6 is 11.6 Å². The maximum Gasteiger partial charge on any atom is 0.311 e. The van der Waals surface area contributed by atoms with Crippen LogP contribution in [0.15, 0.2) is 53.4 Å². The van der Waals surface area contributed by atoms with Crippen molar-refractivity contribution in [3.63, 3.8) is 0 Å². The molecule has 0 saturated carbocycles. The number of sulfone groups is 1. The van der Waals surface area contributed by atoms with Gasteiger partial charge in [0.25, 0.3) is 0 Å². The fraction of sp³-hybridized carbons (Fsp3) is 0.222. The van der Waals surface area contributed by atoms with E-state index in [-0.39, 0.29) is 10.6 Å². The van der Waals surface area contributed by atoms with Crippen molar-refractivity contribution < 1.29 is 13.3 Å². The number of hydrogen-bond acceptors (Lipinski definition) is 5. The minimum Gasteiger partial charge on any atom is -0.362 e. The lowest BCUT2D eigenvalue weighted by Gasteiger charge is -2.28. The highest BCUT2D eigenvalue weighted by Crippen LogP contribution is 2.36. The highest BCUT2D eigenvalue weighted by Gasteiger charge is 2.29. The topological polar surface area (TPSA) is 80.5 Å². The van der Waals surface area contributed by atoms with Crippen molar-refractivity contribution in [2.45, 2.75) is 11.3 Å².